The monoisotopic (exact) mass is 226 g/mol. The maximum atomic E-state index is 11.5. The molecule has 0 aliphatic carbocycles. The normalized spacial score (nSPS) is 16.2. The van der Waals surface area contributed by atoms with E-state index in [9.17, 15) is 4.79 Å². The Bertz CT molecular complexity index is 384. The molecule has 7 nitrogen and oxygen atoms in total. The number of nitrogens with zero attached hydrogens (tertiary/aromatic N) is 2. The Morgan fingerprint density at radius 3 is 2.88 bits per heavy atom. The molecule has 1 saturated heterocycles. The van der Waals surface area contributed by atoms with Crippen molar-refractivity contribution in [3.8, 4) is 0 Å². The first-order chi connectivity index (χ1) is 7.74. The molecule has 2 heterocycles. The van der Waals surface area contributed by atoms with Crippen LogP contribution >= 0.6 is 0 Å². The van der Waals surface area contributed by atoms with Crippen LogP contribution in [0.1, 0.15) is 10.4 Å². The van der Waals surface area contributed by atoms with Gasteiger partial charge in [0.1, 0.15) is 11.4 Å². The summed E-state index contributed by atoms with van der Waals surface area (Å²) in [6.07, 6.45) is 0. The van der Waals surface area contributed by atoms with Crippen molar-refractivity contribution in [2.24, 2.45) is 0 Å². The van der Waals surface area contributed by atoms with Gasteiger partial charge >= 0.3 is 5.97 Å². The molecule has 0 spiro atoms. The first-order valence-corrected chi connectivity index (χ1v) is 4.99. The van der Waals surface area contributed by atoms with Crippen LogP contribution in [0.5, 0.6) is 0 Å². The van der Waals surface area contributed by atoms with E-state index < -0.39 is 5.97 Å². The lowest BCUT2D eigenvalue weighted by atomic mass is 10.2. The number of nitrogens with two attached hydrogens (primary N) is 1. The molecule has 1 aliphatic heterocycles. The fourth-order valence-electron chi connectivity index (χ4n) is 1.65. The number of nitrogens with one attached hydrogen (secondary N) is 1. The Labute approximate surface area is 92.5 Å². The van der Waals surface area contributed by atoms with E-state index >= 15 is 0 Å². The summed E-state index contributed by atoms with van der Waals surface area (Å²) in [6, 6.07) is 0. The molecular weight excluding hydrogens is 212 g/mol. The molecule has 0 aromatic carbocycles. The van der Waals surface area contributed by atoms with E-state index in [4.69, 9.17) is 10.5 Å². The fourth-order valence-corrected chi connectivity index (χ4v) is 1.65. The van der Waals surface area contributed by atoms with Crippen LogP contribution in [0, 0.1) is 0 Å². The molecule has 16 heavy (non-hydrogen) atoms. The van der Waals surface area contributed by atoms with Crippen molar-refractivity contribution < 1.29 is 14.3 Å². The van der Waals surface area contributed by atoms with Crippen LogP contribution in [-0.2, 0) is 9.47 Å². The van der Waals surface area contributed by atoms with Crippen LogP contribution < -0.4 is 10.6 Å². The maximum absolute atomic E-state index is 11.5. The molecule has 0 amide bonds. The molecule has 1 aliphatic rings. The van der Waals surface area contributed by atoms with Crippen LogP contribution in [-0.4, -0.2) is 49.6 Å². The summed E-state index contributed by atoms with van der Waals surface area (Å²) >= 11 is 0. The molecule has 1 fully saturated rings. The summed E-state index contributed by atoms with van der Waals surface area (Å²) in [5.41, 5.74) is 5.94. The molecule has 1 aromatic heterocycles. The zero-order valence-corrected chi connectivity index (χ0v) is 9.02. The minimum absolute atomic E-state index is 0.230. The van der Waals surface area contributed by atoms with E-state index in [0.29, 0.717) is 37.7 Å². The second-order valence-electron chi connectivity index (χ2n) is 3.43. The number of carbonyl (C=O) groups is 1. The lowest BCUT2D eigenvalue weighted by molar-refractivity contribution is 0.0601. The first kappa shape index (κ1) is 10.7. The topological polar surface area (TPSA) is 93.5 Å². The molecule has 7 heteroatoms. The van der Waals surface area contributed by atoms with Crippen LogP contribution in [0.2, 0.25) is 0 Å². The summed E-state index contributed by atoms with van der Waals surface area (Å²) in [4.78, 5) is 13.5. The quantitative estimate of drug-likeness (QED) is 0.667. The van der Waals surface area contributed by atoms with Gasteiger partial charge in [-0.25, -0.2) is 4.79 Å². The van der Waals surface area contributed by atoms with Crippen molar-refractivity contribution in [3.63, 3.8) is 0 Å². The highest BCUT2D eigenvalue weighted by molar-refractivity contribution is 5.99. The van der Waals surface area contributed by atoms with Gasteiger partial charge in [-0.2, -0.15) is 5.10 Å². The van der Waals surface area contributed by atoms with E-state index in [1.54, 1.807) is 0 Å². The third kappa shape index (κ3) is 1.81. The van der Waals surface area contributed by atoms with E-state index in [2.05, 4.69) is 14.9 Å². The average Bonchev–Trinajstić information content (AvgIpc) is 2.71. The van der Waals surface area contributed by atoms with Crippen LogP contribution in [0.15, 0.2) is 0 Å². The highest BCUT2D eigenvalue weighted by Crippen LogP contribution is 2.24. The van der Waals surface area contributed by atoms with Gasteiger partial charge in [0.2, 0.25) is 0 Å². The number of morpholine rings is 1. The Balaban J connectivity index is 2.29. The van der Waals surface area contributed by atoms with Gasteiger partial charge in [-0.1, -0.05) is 0 Å². The smallest absolute Gasteiger partial charge is 0.345 e. The number of esters is 1. The Hall–Kier alpha value is -1.76. The predicted molar refractivity (Wildman–Crippen MR) is 57.4 cm³/mol. The molecule has 1 aromatic rings. The van der Waals surface area contributed by atoms with Gasteiger partial charge in [-0.3, -0.25) is 5.10 Å². The minimum atomic E-state index is -0.479. The van der Waals surface area contributed by atoms with E-state index in [1.165, 1.54) is 7.11 Å². The number of rotatable bonds is 2. The maximum Gasteiger partial charge on any atom is 0.345 e. The standard InChI is InChI=1S/C9H14N4O3/c1-15-9(14)6-7(10)11-12-8(6)13-2-4-16-5-3-13/h2-5H2,1H3,(H3,10,11,12). The fraction of sp³-hybridized carbons (Fsp3) is 0.556. The molecule has 3 N–H and O–H groups in total. The summed E-state index contributed by atoms with van der Waals surface area (Å²) in [5, 5.41) is 6.62. The van der Waals surface area contributed by atoms with Crippen molar-refractivity contribution in [2.75, 3.05) is 44.0 Å². The van der Waals surface area contributed by atoms with Crippen LogP contribution in [0.4, 0.5) is 11.6 Å². The summed E-state index contributed by atoms with van der Waals surface area (Å²) in [5.74, 6) is 0.286. The predicted octanol–water partition coefficient (Wildman–Crippen LogP) is -0.385. The molecule has 0 radical (unpaired) electrons. The summed E-state index contributed by atoms with van der Waals surface area (Å²) in [7, 11) is 1.32. The number of hydrogen-bond acceptors (Lipinski definition) is 6. The van der Waals surface area contributed by atoms with Crippen molar-refractivity contribution in [1.82, 2.24) is 10.2 Å². The van der Waals surface area contributed by atoms with Crippen LogP contribution in [0.25, 0.3) is 0 Å². The van der Waals surface area contributed by atoms with Gasteiger partial charge in [-0.05, 0) is 0 Å². The van der Waals surface area contributed by atoms with Gasteiger partial charge in [0.15, 0.2) is 5.82 Å². The van der Waals surface area contributed by atoms with Gasteiger partial charge in [0.05, 0.1) is 20.3 Å². The number of ether oxygens (including phenoxy) is 2. The largest absolute Gasteiger partial charge is 0.465 e. The number of H-pyrrole nitrogens is 1. The average molecular weight is 226 g/mol. The third-order valence-electron chi connectivity index (χ3n) is 2.48. The van der Waals surface area contributed by atoms with E-state index in [-0.39, 0.29) is 5.82 Å². The zero-order valence-electron chi connectivity index (χ0n) is 9.02. The Kier molecular flexibility index (Phi) is 2.95. The number of aromatic amines is 1. The van der Waals surface area contributed by atoms with Crippen molar-refractivity contribution in [3.05, 3.63) is 5.56 Å². The molecule has 0 atom stereocenters. The van der Waals surface area contributed by atoms with Crippen LogP contribution in [0.3, 0.4) is 0 Å². The Morgan fingerprint density at radius 1 is 1.56 bits per heavy atom. The minimum Gasteiger partial charge on any atom is -0.465 e. The van der Waals surface area contributed by atoms with E-state index in [1.807, 2.05) is 4.90 Å². The van der Waals surface area contributed by atoms with Crippen molar-refractivity contribution >= 4 is 17.6 Å². The number of anilines is 2. The lowest BCUT2D eigenvalue weighted by Gasteiger charge is -2.27. The zero-order chi connectivity index (χ0) is 11.5. The molecule has 2 rings (SSSR count). The number of carbonyl (C=O) groups excluding carboxylic acids is 1. The highest BCUT2D eigenvalue weighted by Gasteiger charge is 2.25. The second-order valence-corrected chi connectivity index (χ2v) is 3.43. The SMILES string of the molecule is COC(=O)c1c(N2CCOCC2)n[nH]c1N. The Morgan fingerprint density at radius 2 is 2.25 bits per heavy atom. The number of aromatic nitrogens is 2. The van der Waals surface area contributed by atoms with Crippen molar-refractivity contribution in [1.29, 1.82) is 0 Å². The molecular formula is C9H14N4O3. The lowest BCUT2D eigenvalue weighted by Crippen LogP contribution is -2.37. The van der Waals surface area contributed by atoms with Gasteiger partial charge in [0.25, 0.3) is 0 Å². The highest BCUT2D eigenvalue weighted by atomic mass is 16.5. The van der Waals surface area contributed by atoms with Gasteiger partial charge < -0.3 is 20.1 Å². The number of hydrogen-bond donors (Lipinski definition) is 2. The molecule has 88 valence electrons. The number of nitrogen functional groups attached to an aromatic ring is 1. The van der Waals surface area contributed by atoms with Gasteiger partial charge in [0, 0.05) is 13.1 Å². The first-order valence-electron chi connectivity index (χ1n) is 4.99. The van der Waals surface area contributed by atoms with Crippen molar-refractivity contribution in [2.45, 2.75) is 0 Å². The molecule has 0 saturated carbocycles. The van der Waals surface area contributed by atoms with E-state index in [0.717, 1.165) is 0 Å². The molecule has 0 bridgehead atoms. The third-order valence-corrected chi connectivity index (χ3v) is 2.48. The summed E-state index contributed by atoms with van der Waals surface area (Å²) in [6.45, 7) is 2.61. The molecule has 0 unspecified atom stereocenters. The number of methoxy groups -OCH3 is 1. The summed E-state index contributed by atoms with van der Waals surface area (Å²) < 4.78 is 9.90. The van der Waals surface area contributed by atoms with Gasteiger partial charge in [-0.15, -0.1) is 0 Å². The second kappa shape index (κ2) is 4.40.